The van der Waals surface area contributed by atoms with Gasteiger partial charge >= 0.3 is 10.8 Å². The predicted octanol–water partition coefficient (Wildman–Crippen LogP) is 0.732. The first kappa shape index (κ1) is 13.8. The van der Waals surface area contributed by atoms with Gasteiger partial charge in [0.1, 0.15) is 6.54 Å². The van der Waals surface area contributed by atoms with Crippen LogP contribution in [0.1, 0.15) is 31.4 Å². The van der Waals surface area contributed by atoms with Crippen LogP contribution >= 0.6 is 11.3 Å². The third-order valence-electron chi connectivity index (χ3n) is 3.48. The fourth-order valence-electron chi connectivity index (χ4n) is 2.31. The number of aromatic nitrogens is 1. The van der Waals surface area contributed by atoms with Crippen LogP contribution in [-0.4, -0.2) is 27.1 Å². The molecule has 1 heterocycles. The molecule has 7 heteroatoms. The van der Waals surface area contributed by atoms with Gasteiger partial charge in [-0.1, -0.05) is 11.3 Å². The summed E-state index contributed by atoms with van der Waals surface area (Å²) in [7, 11) is 0. The van der Waals surface area contributed by atoms with E-state index in [0.717, 1.165) is 23.5 Å². The van der Waals surface area contributed by atoms with E-state index in [0.29, 0.717) is 12.8 Å². The molecule has 1 aromatic heterocycles. The second-order valence-corrected chi connectivity index (χ2v) is 5.80. The monoisotopic (exact) mass is 284 g/mol. The fourth-order valence-corrected chi connectivity index (χ4v) is 3.05. The highest BCUT2D eigenvalue weighted by molar-refractivity contribution is 7.07. The molecule has 6 nitrogen and oxygen atoms in total. The summed E-state index contributed by atoms with van der Waals surface area (Å²) in [6, 6.07) is 0. The average molecular weight is 284 g/mol. The van der Waals surface area contributed by atoms with Crippen molar-refractivity contribution < 1.29 is 14.7 Å². The molecule has 1 aliphatic rings. The Balaban J connectivity index is 2.01. The topological polar surface area (TPSA) is 88.4 Å². The number of nitrogens with zero attached hydrogens (tertiary/aromatic N) is 1. The summed E-state index contributed by atoms with van der Waals surface area (Å²) in [5.41, 5.74) is 0.127. The quantitative estimate of drug-likeness (QED) is 0.834. The van der Waals surface area contributed by atoms with Gasteiger partial charge in [-0.25, -0.2) is 0 Å². The second-order valence-electron chi connectivity index (χ2n) is 4.98. The van der Waals surface area contributed by atoms with Crippen molar-refractivity contribution in [3.8, 4) is 0 Å². The minimum absolute atomic E-state index is 0.0461. The first-order valence-corrected chi connectivity index (χ1v) is 6.98. The largest absolute Gasteiger partial charge is 0.481 e. The number of carboxylic acids is 1. The number of thiazole rings is 1. The highest BCUT2D eigenvalue weighted by Gasteiger charge is 2.40. The Morgan fingerprint density at radius 2 is 2.21 bits per heavy atom. The van der Waals surface area contributed by atoms with Crippen LogP contribution in [-0.2, 0) is 16.1 Å². The minimum atomic E-state index is -0.913. The number of amides is 1. The molecule has 0 spiro atoms. The lowest BCUT2D eigenvalue weighted by atomic mass is 9.74. The van der Waals surface area contributed by atoms with Crippen molar-refractivity contribution >= 4 is 23.2 Å². The first-order valence-electron chi connectivity index (χ1n) is 6.10. The number of hydrogen-bond donors (Lipinski definition) is 2. The van der Waals surface area contributed by atoms with Crippen molar-refractivity contribution in [2.24, 2.45) is 0 Å². The average Bonchev–Trinajstić information content (AvgIpc) is 2.57. The van der Waals surface area contributed by atoms with Gasteiger partial charge in [0.05, 0.1) is 12.0 Å². The van der Waals surface area contributed by atoms with E-state index >= 15 is 0 Å². The molecule has 1 fully saturated rings. The van der Waals surface area contributed by atoms with Gasteiger partial charge in [0.15, 0.2) is 0 Å². The molecule has 19 heavy (non-hydrogen) atoms. The molecule has 0 atom stereocenters. The normalized spacial score (nSPS) is 16.7. The number of carbonyl (C=O) groups excluding carboxylic acids is 1. The summed E-state index contributed by atoms with van der Waals surface area (Å²) in [4.78, 5) is 34.1. The summed E-state index contributed by atoms with van der Waals surface area (Å²) in [6.45, 7) is 1.72. The maximum atomic E-state index is 11.9. The van der Waals surface area contributed by atoms with E-state index in [2.05, 4.69) is 5.32 Å². The summed E-state index contributed by atoms with van der Waals surface area (Å²) < 4.78 is 1.40. The van der Waals surface area contributed by atoms with Crippen molar-refractivity contribution in [1.82, 2.24) is 9.88 Å². The summed E-state index contributed by atoms with van der Waals surface area (Å²) >= 11 is 1.05. The van der Waals surface area contributed by atoms with E-state index in [1.54, 1.807) is 12.3 Å². The van der Waals surface area contributed by atoms with E-state index in [1.807, 2.05) is 0 Å². The molecule has 0 aliphatic heterocycles. The molecular weight excluding hydrogens is 268 g/mol. The third kappa shape index (κ3) is 3.04. The van der Waals surface area contributed by atoms with Gasteiger partial charge in [-0.3, -0.25) is 19.0 Å². The van der Waals surface area contributed by atoms with Crippen LogP contribution < -0.4 is 10.2 Å². The molecule has 104 valence electrons. The zero-order chi connectivity index (χ0) is 14.0. The SMILES string of the molecule is Cc1csc(=O)n1CC(=O)NC1(CC(=O)O)CCC1. The highest BCUT2D eigenvalue weighted by atomic mass is 32.1. The van der Waals surface area contributed by atoms with Crippen LogP contribution in [0.5, 0.6) is 0 Å². The number of carboxylic acid groups (broad SMARTS) is 1. The van der Waals surface area contributed by atoms with Crippen molar-refractivity contribution in [3.63, 3.8) is 0 Å². The zero-order valence-corrected chi connectivity index (χ0v) is 11.5. The van der Waals surface area contributed by atoms with Crippen LogP contribution in [0.4, 0.5) is 0 Å². The zero-order valence-electron chi connectivity index (χ0n) is 10.6. The van der Waals surface area contributed by atoms with Crippen molar-refractivity contribution in [2.75, 3.05) is 0 Å². The van der Waals surface area contributed by atoms with Gasteiger partial charge in [-0.15, -0.1) is 0 Å². The Labute approximate surface area is 114 Å². The molecular formula is C12H16N2O4S. The Hall–Kier alpha value is -1.63. The highest BCUT2D eigenvalue weighted by Crippen LogP contribution is 2.34. The van der Waals surface area contributed by atoms with Crippen molar-refractivity contribution in [3.05, 3.63) is 20.7 Å². The number of carbonyl (C=O) groups is 2. The molecule has 1 aromatic rings. The maximum Gasteiger partial charge on any atom is 0.307 e. The molecule has 0 bridgehead atoms. The van der Waals surface area contributed by atoms with Crippen LogP contribution in [0.2, 0.25) is 0 Å². The minimum Gasteiger partial charge on any atom is -0.481 e. The van der Waals surface area contributed by atoms with Gasteiger partial charge < -0.3 is 10.4 Å². The van der Waals surface area contributed by atoms with E-state index < -0.39 is 11.5 Å². The Kier molecular flexibility index (Phi) is 3.75. The van der Waals surface area contributed by atoms with Gasteiger partial charge in [-0.05, 0) is 26.2 Å². The molecule has 1 amide bonds. The third-order valence-corrected chi connectivity index (χ3v) is 4.36. The van der Waals surface area contributed by atoms with Crippen molar-refractivity contribution in [2.45, 2.75) is 44.7 Å². The lowest BCUT2D eigenvalue weighted by Crippen LogP contribution is -2.55. The standard InChI is InChI=1S/C12H16N2O4S/c1-8-7-19-11(18)14(8)6-9(15)13-12(3-2-4-12)5-10(16)17/h7H,2-6H2,1H3,(H,13,15)(H,16,17). The molecule has 2 rings (SSSR count). The van der Waals surface area contributed by atoms with E-state index in [-0.39, 0.29) is 23.7 Å². The number of hydrogen-bond acceptors (Lipinski definition) is 4. The van der Waals surface area contributed by atoms with Gasteiger partial charge in [0.2, 0.25) is 5.91 Å². The van der Waals surface area contributed by atoms with Crippen LogP contribution in [0.25, 0.3) is 0 Å². The smallest absolute Gasteiger partial charge is 0.307 e. The van der Waals surface area contributed by atoms with Crippen LogP contribution in [0.3, 0.4) is 0 Å². The second kappa shape index (κ2) is 5.16. The Morgan fingerprint density at radius 3 is 2.63 bits per heavy atom. The maximum absolute atomic E-state index is 11.9. The van der Waals surface area contributed by atoms with Gasteiger partial charge in [0, 0.05) is 11.1 Å². The van der Waals surface area contributed by atoms with Crippen LogP contribution in [0.15, 0.2) is 10.2 Å². The summed E-state index contributed by atoms with van der Waals surface area (Å²) in [6.07, 6.45) is 2.23. The van der Waals surface area contributed by atoms with Gasteiger partial charge in [0.25, 0.3) is 0 Å². The van der Waals surface area contributed by atoms with Crippen LogP contribution in [0, 0.1) is 6.92 Å². The lowest BCUT2D eigenvalue weighted by molar-refractivity contribution is -0.140. The Morgan fingerprint density at radius 1 is 1.53 bits per heavy atom. The van der Waals surface area contributed by atoms with Crippen molar-refractivity contribution in [1.29, 1.82) is 0 Å². The first-order chi connectivity index (χ1) is 8.92. The predicted molar refractivity (Wildman–Crippen MR) is 70.3 cm³/mol. The molecule has 2 N–H and O–H groups in total. The number of rotatable bonds is 5. The van der Waals surface area contributed by atoms with E-state index in [9.17, 15) is 14.4 Å². The number of aryl methyl sites for hydroxylation is 1. The number of aliphatic carboxylic acids is 1. The molecule has 0 aromatic carbocycles. The molecule has 0 saturated heterocycles. The fraction of sp³-hybridized carbons (Fsp3) is 0.583. The Bertz CT molecular complexity index is 556. The van der Waals surface area contributed by atoms with Gasteiger partial charge in [-0.2, -0.15) is 0 Å². The summed E-state index contributed by atoms with van der Waals surface area (Å²) in [5.74, 6) is -1.21. The molecule has 0 radical (unpaired) electrons. The summed E-state index contributed by atoms with van der Waals surface area (Å²) in [5, 5.41) is 13.3. The van der Waals surface area contributed by atoms with E-state index in [4.69, 9.17) is 5.11 Å². The lowest BCUT2D eigenvalue weighted by Gasteiger charge is -2.41. The van der Waals surface area contributed by atoms with E-state index in [1.165, 1.54) is 4.57 Å². The molecule has 1 saturated carbocycles. The molecule has 1 aliphatic carbocycles. The molecule has 0 unspecified atom stereocenters. The number of nitrogens with one attached hydrogen (secondary N) is 1.